The number of allylic oxidation sites excluding steroid dienone is 1. The van der Waals surface area contributed by atoms with Crippen LogP contribution in [0.1, 0.15) is 63.5 Å². The summed E-state index contributed by atoms with van der Waals surface area (Å²) in [5.41, 5.74) is 1.65. The maximum absolute atomic E-state index is 12.6. The maximum Gasteiger partial charge on any atom is 0.236 e. The maximum atomic E-state index is 12.6. The lowest BCUT2D eigenvalue weighted by molar-refractivity contribution is -0.137. The molecule has 1 unspecified atom stereocenters. The molecule has 25 heavy (non-hydrogen) atoms. The molecule has 0 saturated heterocycles. The van der Waals surface area contributed by atoms with Crippen LogP contribution in [0.2, 0.25) is 0 Å². The highest BCUT2D eigenvalue weighted by Gasteiger charge is 2.56. The van der Waals surface area contributed by atoms with E-state index in [9.17, 15) is 9.59 Å². The van der Waals surface area contributed by atoms with Crippen LogP contribution in [0, 0.1) is 5.41 Å². The van der Waals surface area contributed by atoms with Crippen molar-refractivity contribution in [2.45, 2.75) is 57.9 Å². The second-order valence-corrected chi connectivity index (χ2v) is 7.30. The second kappa shape index (κ2) is 7.85. The Hall–Kier alpha value is -2.10. The molecule has 1 saturated carbocycles. The van der Waals surface area contributed by atoms with Crippen LogP contribution in [0.25, 0.3) is 0 Å². The summed E-state index contributed by atoms with van der Waals surface area (Å²) in [6, 6.07) is 9.75. The minimum Gasteiger partial charge on any atom is -0.355 e. The molecule has 0 spiro atoms. The fraction of sp³-hybridized carbons (Fsp3) is 0.524. The average molecular weight is 340 g/mol. The van der Waals surface area contributed by atoms with E-state index in [1.165, 1.54) is 18.4 Å². The van der Waals surface area contributed by atoms with Crippen molar-refractivity contribution in [1.29, 1.82) is 0 Å². The molecule has 2 N–H and O–H groups in total. The van der Waals surface area contributed by atoms with Crippen LogP contribution >= 0.6 is 0 Å². The standard InChI is InChI=1S/C21H28N2O2/c1-16(18-10-6-3-7-11-18)23-20(25)21(13-14-21)19(24)22-15-12-17-8-4-2-5-9-17/h3,6-8,10-11,16H,2,4-5,9,12-15H2,1H3,(H,22,24)(H,23,25). The molecule has 0 aromatic heterocycles. The quantitative estimate of drug-likeness (QED) is 0.588. The van der Waals surface area contributed by atoms with E-state index in [-0.39, 0.29) is 17.9 Å². The summed E-state index contributed by atoms with van der Waals surface area (Å²) in [7, 11) is 0. The zero-order chi connectivity index (χ0) is 17.7. The van der Waals surface area contributed by atoms with Gasteiger partial charge in [-0.2, -0.15) is 0 Å². The largest absolute Gasteiger partial charge is 0.355 e. The molecule has 134 valence electrons. The Morgan fingerprint density at radius 3 is 2.52 bits per heavy atom. The summed E-state index contributed by atoms with van der Waals surface area (Å²) in [5, 5.41) is 5.99. The second-order valence-electron chi connectivity index (χ2n) is 7.30. The van der Waals surface area contributed by atoms with E-state index in [2.05, 4.69) is 16.7 Å². The van der Waals surface area contributed by atoms with Gasteiger partial charge in [-0.25, -0.2) is 0 Å². The van der Waals surface area contributed by atoms with Crippen molar-refractivity contribution in [1.82, 2.24) is 10.6 Å². The number of carbonyl (C=O) groups excluding carboxylic acids is 2. The van der Waals surface area contributed by atoms with Crippen LogP contribution in [0.3, 0.4) is 0 Å². The Morgan fingerprint density at radius 2 is 1.88 bits per heavy atom. The topological polar surface area (TPSA) is 58.2 Å². The first-order chi connectivity index (χ1) is 12.1. The van der Waals surface area contributed by atoms with Crippen molar-refractivity contribution in [3.05, 3.63) is 47.5 Å². The minimum atomic E-state index is -0.843. The summed E-state index contributed by atoms with van der Waals surface area (Å²) in [6.45, 7) is 2.59. The molecule has 2 aliphatic carbocycles. The van der Waals surface area contributed by atoms with Gasteiger partial charge in [-0.05, 0) is 57.4 Å². The van der Waals surface area contributed by atoms with Gasteiger partial charge in [-0.3, -0.25) is 9.59 Å². The van der Waals surface area contributed by atoms with E-state index in [0.29, 0.717) is 19.4 Å². The Morgan fingerprint density at radius 1 is 1.12 bits per heavy atom. The van der Waals surface area contributed by atoms with Gasteiger partial charge in [0.1, 0.15) is 5.41 Å². The SMILES string of the molecule is CC(NC(=O)C1(C(=O)NCCC2=CCCCC2)CC1)c1ccccc1. The Kier molecular flexibility index (Phi) is 5.57. The van der Waals surface area contributed by atoms with Gasteiger partial charge in [-0.1, -0.05) is 42.0 Å². The predicted molar refractivity (Wildman–Crippen MR) is 98.8 cm³/mol. The smallest absolute Gasteiger partial charge is 0.236 e. The Bertz CT molecular complexity index is 647. The monoisotopic (exact) mass is 340 g/mol. The number of amides is 2. The van der Waals surface area contributed by atoms with Crippen molar-refractivity contribution in [3.8, 4) is 0 Å². The fourth-order valence-electron chi connectivity index (χ4n) is 3.48. The molecular weight excluding hydrogens is 312 g/mol. The van der Waals surface area contributed by atoms with E-state index in [4.69, 9.17) is 0 Å². The molecule has 0 heterocycles. The van der Waals surface area contributed by atoms with Crippen LogP contribution in [-0.2, 0) is 9.59 Å². The van der Waals surface area contributed by atoms with Gasteiger partial charge in [0.15, 0.2) is 0 Å². The zero-order valence-electron chi connectivity index (χ0n) is 15.0. The normalized spacial score (nSPS) is 19.5. The summed E-state index contributed by atoms with van der Waals surface area (Å²) in [5.74, 6) is -0.250. The summed E-state index contributed by atoms with van der Waals surface area (Å²) < 4.78 is 0. The van der Waals surface area contributed by atoms with Gasteiger partial charge in [0, 0.05) is 6.54 Å². The first-order valence-corrected chi connectivity index (χ1v) is 9.44. The summed E-state index contributed by atoms with van der Waals surface area (Å²) in [6.07, 6.45) is 9.34. The lowest BCUT2D eigenvalue weighted by atomic mass is 9.97. The molecule has 0 radical (unpaired) electrons. The predicted octanol–water partition coefficient (Wildman–Crippen LogP) is 3.65. The number of rotatable bonds is 7. The van der Waals surface area contributed by atoms with Crippen molar-refractivity contribution >= 4 is 11.8 Å². The van der Waals surface area contributed by atoms with Crippen LogP contribution in [0.15, 0.2) is 42.0 Å². The van der Waals surface area contributed by atoms with Crippen LogP contribution < -0.4 is 10.6 Å². The number of hydrogen-bond acceptors (Lipinski definition) is 2. The number of benzene rings is 1. The van der Waals surface area contributed by atoms with Crippen LogP contribution in [-0.4, -0.2) is 18.4 Å². The highest BCUT2D eigenvalue weighted by molar-refractivity contribution is 6.07. The summed E-state index contributed by atoms with van der Waals surface area (Å²) in [4.78, 5) is 25.2. The van der Waals surface area contributed by atoms with Crippen molar-refractivity contribution in [2.75, 3.05) is 6.54 Å². The molecule has 0 aliphatic heterocycles. The third-order valence-corrected chi connectivity index (χ3v) is 5.38. The molecule has 0 bridgehead atoms. The number of carbonyl (C=O) groups is 2. The zero-order valence-corrected chi connectivity index (χ0v) is 15.0. The van der Waals surface area contributed by atoms with E-state index in [0.717, 1.165) is 24.8 Å². The van der Waals surface area contributed by atoms with Crippen LogP contribution in [0.4, 0.5) is 0 Å². The van der Waals surface area contributed by atoms with Gasteiger partial charge in [0.05, 0.1) is 6.04 Å². The molecular formula is C21H28N2O2. The molecule has 2 aliphatic rings. The van der Waals surface area contributed by atoms with E-state index >= 15 is 0 Å². The molecule has 1 aromatic carbocycles. The molecule has 4 heteroatoms. The van der Waals surface area contributed by atoms with Gasteiger partial charge in [0.25, 0.3) is 0 Å². The van der Waals surface area contributed by atoms with E-state index < -0.39 is 5.41 Å². The lowest BCUT2D eigenvalue weighted by Gasteiger charge is -2.20. The van der Waals surface area contributed by atoms with Crippen LogP contribution in [0.5, 0.6) is 0 Å². The van der Waals surface area contributed by atoms with Crippen molar-refractivity contribution < 1.29 is 9.59 Å². The van der Waals surface area contributed by atoms with Gasteiger partial charge < -0.3 is 10.6 Å². The van der Waals surface area contributed by atoms with Crippen molar-refractivity contribution in [2.24, 2.45) is 5.41 Å². The van der Waals surface area contributed by atoms with Gasteiger partial charge in [-0.15, -0.1) is 0 Å². The average Bonchev–Trinajstić information content (AvgIpc) is 3.45. The Balaban J connectivity index is 1.49. The molecule has 4 nitrogen and oxygen atoms in total. The van der Waals surface area contributed by atoms with E-state index in [1.807, 2.05) is 37.3 Å². The molecule has 2 amide bonds. The summed E-state index contributed by atoms with van der Waals surface area (Å²) >= 11 is 0. The molecule has 1 atom stereocenters. The minimum absolute atomic E-state index is 0.0913. The number of hydrogen-bond donors (Lipinski definition) is 2. The third-order valence-electron chi connectivity index (χ3n) is 5.38. The Labute approximate surface area is 150 Å². The first kappa shape index (κ1) is 17.7. The third kappa shape index (κ3) is 4.30. The molecule has 1 fully saturated rings. The molecule has 1 aromatic rings. The first-order valence-electron chi connectivity index (χ1n) is 9.44. The van der Waals surface area contributed by atoms with Gasteiger partial charge >= 0.3 is 0 Å². The fourth-order valence-corrected chi connectivity index (χ4v) is 3.48. The lowest BCUT2D eigenvalue weighted by Crippen LogP contribution is -2.44. The van der Waals surface area contributed by atoms with Crippen molar-refractivity contribution in [3.63, 3.8) is 0 Å². The number of nitrogens with one attached hydrogen (secondary N) is 2. The molecule has 3 rings (SSSR count). The van der Waals surface area contributed by atoms with E-state index in [1.54, 1.807) is 0 Å². The highest BCUT2D eigenvalue weighted by atomic mass is 16.2. The highest BCUT2D eigenvalue weighted by Crippen LogP contribution is 2.46. The van der Waals surface area contributed by atoms with Gasteiger partial charge in [0.2, 0.25) is 11.8 Å².